The minimum atomic E-state index is 1.02. The molecule has 0 nitrogen and oxygen atoms in total. The summed E-state index contributed by atoms with van der Waals surface area (Å²) < 4.78 is 0. The van der Waals surface area contributed by atoms with Crippen LogP contribution >= 0.6 is 0 Å². The number of rotatable bonds is 9. The van der Waals surface area contributed by atoms with E-state index in [0.717, 1.165) is 12.8 Å². The Morgan fingerprint density at radius 2 is 1.29 bits per heavy atom. The predicted octanol–water partition coefficient (Wildman–Crippen LogP) is 5.07. The molecule has 0 rings (SSSR count). The molecule has 81 valence electrons. The molecule has 0 heteroatoms. The van der Waals surface area contributed by atoms with E-state index < -0.39 is 0 Å². The van der Waals surface area contributed by atoms with Crippen LogP contribution in [-0.4, -0.2) is 0 Å². The minimum Gasteiger partial charge on any atom is -0.0885 e. The predicted molar refractivity (Wildman–Crippen MR) is 66.2 cm³/mol. The first kappa shape index (κ1) is 13.5. The van der Waals surface area contributed by atoms with Crippen molar-refractivity contribution in [2.45, 2.75) is 58.3 Å². The molecule has 0 aliphatic rings. The van der Waals surface area contributed by atoms with Crippen molar-refractivity contribution in [3.8, 4) is 0 Å². The molecule has 0 aromatic heterocycles. The third kappa shape index (κ3) is 11.5. The minimum absolute atomic E-state index is 1.02. The molecule has 0 aromatic carbocycles. The number of allylic oxidation sites excluding steroid dienone is 4. The van der Waals surface area contributed by atoms with Crippen molar-refractivity contribution >= 4 is 0 Å². The summed E-state index contributed by atoms with van der Waals surface area (Å²) in [6.07, 6.45) is 19.0. The Hall–Kier alpha value is -0.520. The van der Waals surface area contributed by atoms with E-state index in [9.17, 15) is 0 Å². The highest BCUT2D eigenvalue weighted by Gasteiger charge is 1.81. The molecule has 1 radical (unpaired) electrons. The maximum atomic E-state index is 3.80. The van der Waals surface area contributed by atoms with Crippen LogP contribution in [0.4, 0.5) is 0 Å². The molecule has 0 saturated carbocycles. The fourth-order valence-corrected chi connectivity index (χ4v) is 1.26. The van der Waals surface area contributed by atoms with Crippen LogP contribution in [0.25, 0.3) is 0 Å². The zero-order chi connectivity index (χ0) is 10.5. The lowest BCUT2D eigenvalue weighted by Crippen LogP contribution is -1.71. The van der Waals surface area contributed by atoms with Gasteiger partial charge < -0.3 is 0 Å². The van der Waals surface area contributed by atoms with E-state index in [0.29, 0.717) is 0 Å². The fraction of sp³-hybridized carbons (Fsp3) is 0.643. The molecule has 14 heavy (non-hydrogen) atoms. The maximum Gasteiger partial charge on any atom is -0.0348 e. The third-order valence-electron chi connectivity index (χ3n) is 2.17. The zero-order valence-electron chi connectivity index (χ0n) is 9.67. The lowest BCUT2D eigenvalue weighted by Gasteiger charge is -1.91. The van der Waals surface area contributed by atoms with E-state index in [1.54, 1.807) is 0 Å². The summed E-state index contributed by atoms with van der Waals surface area (Å²) in [7, 11) is 0. The van der Waals surface area contributed by atoms with Crippen LogP contribution in [0.5, 0.6) is 0 Å². The van der Waals surface area contributed by atoms with Crippen molar-refractivity contribution in [2.75, 3.05) is 0 Å². The number of unbranched alkanes of at least 4 members (excludes halogenated alkanes) is 5. The first-order valence-electron chi connectivity index (χ1n) is 6.01. The van der Waals surface area contributed by atoms with E-state index in [4.69, 9.17) is 0 Å². The SMILES string of the molecule is [CH2]CCC=CCCCC=CCCCC. The average molecular weight is 193 g/mol. The monoisotopic (exact) mass is 193 g/mol. The van der Waals surface area contributed by atoms with E-state index in [2.05, 4.69) is 38.2 Å². The molecule has 0 N–H and O–H groups in total. The Labute approximate surface area is 90.1 Å². The zero-order valence-corrected chi connectivity index (χ0v) is 9.67. The van der Waals surface area contributed by atoms with Crippen molar-refractivity contribution in [2.24, 2.45) is 0 Å². The van der Waals surface area contributed by atoms with Gasteiger partial charge in [-0.2, -0.15) is 0 Å². The molecule has 0 amide bonds. The second-order valence-electron chi connectivity index (χ2n) is 3.66. The summed E-state index contributed by atoms with van der Waals surface area (Å²) in [5, 5.41) is 0. The van der Waals surface area contributed by atoms with Crippen molar-refractivity contribution < 1.29 is 0 Å². The van der Waals surface area contributed by atoms with Gasteiger partial charge in [0.15, 0.2) is 0 Å². The number of hydrogen-bond donors (Lipinski definition) is 0. The van der Waals surface area contributed by atoms with Crippen LogP contribution in [0.2, 0.25) is 0 Å². The summed E-state index contributed by atoms with van der Waals surface area (Å²) in [6.45, 7) is 6.04. The summed E-state index contributed by atoms with van der Waals surface area (Å²) in [5.41, 5.74) is 0. The molecular weight excluding hydrogens is 168 g/mol. The largest absolute Gasteiger partial charge is 0.0885 e. The van der Waals surface area contributed by atoms with Gasteiger partial charge in [-0.05, 0) is 38.5 Å². The average Bonchev–Trinajstić information content (AvgIpc) is 2.21. The maximum absolute atomic E-state index is 3.80. The Morgan fingerprint density at radius 3 is 1.79 bits per heavy atom. The first-order valence-corrected chi connectivity index (χ1v) is 6.01. The van der Waals surface area contributed by atoms with Crippen LogP contribution < -0.4 is 0 Å². The van der Waals surface area contributed by atoms with E-state index in [1.807, 2.05) is 0 Å². The molecule has 0 atom stereocenters. The molecule has 0 unspecified atom stereocenters. The second-order valence-corrected chi connectivity index (χ2v) is 3.66. The summed E-state index contributed by atoms with van der Waals surface area (Å²) in [6, 6.07) is 0. The second kappa shape index (κ2) is 12.5. The Balaban J connectivity index is 3.08. The normalized spacial score (nSPS) is 11.9. The quantitative estimate of drug-likeness (QED) is 0.354. The summed E-state index contributed by atoms with van der Waals surface area (Å²) in [4.78, 5) is 0. The van der Waals surface area contributed by atoms with E-state index in [-0.39, 0.29) is 0 Å². The van der Waals surface area contributed by atoms with Crippen LogP contribution in [-0.2, 0) is 0 Å². The molecule has 0 bridgehead atoms. The molecule has 0 spiro atoms. The van der Waals surface area contributed by atoms with Gasteiger partial charge >= 0.3 is 0 Å². The van der Waals surface area contributed by atoms with Gasteiger partial charge in [-0.15, -0.1) is 0 Å². The van der Waals surface area contributed by atoms with Crippen molar-refractivity contribution in [3.05, 3.63) is 31.2 Å². The molecule has 0 fully saturated rings. The number of hydrogen-bond acceptors (Lipinski definition) is 0. The fourth-order valence-electron chi connectivity index (χ4n) is 1.26. The Kier molecular flexibility index (Phi) is 12.0. The van der Waals surface area contributed by atoms with Gasteiger partial charge in [0, 0.05) is 0 Å². The van der Waals surface area contributed by atoms with Crippen molar-refractivity contribution in [1.82, 2.24) is 0 Å². The summed E-state index contributed by atoms with van der Waals surface area (Å²) in [5.74, 6) is 0. The smallest absolute Gasteiger partial charge is 0.0348 e. The Bertz CT molecular complexity index is 142. The van der Waals surface area contributed by atoms with Crippen molar-refractivity contribution in [1.29, 1.82) is 0 Å². The Morgan fingerprint density at radius 1 is 0.786 bits per heavy atom. The van der Waals surface area contributed by atoms with Crippen LogP contribution in [0.1, 0.15) is 58.3 Å². The molecule has 0 aliphatic heterocycles. The van der Waals surface area contributed by atoms with Crippen molar-refractivity contribution in [3.63, 3.8) is 0 Å². The standard InChI is InChI=1S/C14H25/c1-3-5-7-9-11-13-14-12-10-8-6-4-2/h7,9-10,12H,1,3-6,8,11,13-14H2,2H3. The van der Waals surface area contributed by atoms with Gasteiger partial charge in [0.25, 0.3) is 0 Å². The van der Waals surface area contributed by atoms with E-state index >= 15 is 0 Å². The highest BCUT2D eigenvalue weighted by atomic mass is 13.9. The lowest BCUT2D eigenvalue weighted by atomic mass is 10.2. The molecule has 0 aliphatic carbocycles. The van der Waals surface area contributed by atoms with Gasteiger partial charge in [0.2, 0.25) is 0 Å². The summed E-state index contributed by atoms with van der Waals surface area (Å²) >= 11 is 0. The highest BCUT2D eigenvalue weighted by molar-refractivity contribution is 4.85. The van der Waals surface area contributed by atoms with Crippen LogP contribution in [0.3, 0.4) is 0 Å². The third-order valence-corrected chi connectivity index (χ3v) is 2.17. The molecular formula is C14H25. The first-order chi connectivity index (χ1) is 6.91. The van der Waals surface area contributed by atoms with Gasteiger partial charge in [-0.25, -0.2) is 0 Å². The van der Waals surface area contributed by atoms with Crippen LogP contribution in [0.15, 0.2) is 24.3 Å². The molecule has 0 saturated heterocycles. The van der Waals surface area contributed by atoms with E-state index in [1.165, 1.54) is 38.5 Å². The molecule has 0 aromatic rings. The van der Waals surface area contributed by atoms with Gasteiger partial charge in [0.05, 0.1) is 0 Å². The topological polar surface area (TPSA) is 0 Å². The van der Waals surface area contributed by atoms with Crippen LogP contribution in [0, 0.1) is 6.92 Å². The highest BCUT2D eigenvalue weighted by Crippen LogP contribution is 2.01. The van der Waals surface area contributed by atoms with Gasteiger partial charge in [0.1, 0.15) is 0 Å². The molecule has 0 heterocycles. The van der Waals surface area contributed by atoms with Gasteiger partial charge in [-0.1, -0.05) is 51.0 Å². The lowest BCUT2D eigenvalue weighted by molar-refractivity contribution is 0.805. The van der Waals surface area contributed by atoms with Gasteiger partial charge in [-0.3, -0.25) is 0 Å².